The second kappa shape index (κ2) is 8.17. The predicted octanol–water partition coefficient (Wildman–Crippen LogP) is 8.75. The topological polar surface area (TPSA) is 12.9 Å². The molecule has 0 aliphatic carbocycles. The molecule has 0 saturated carbocycles. The molecule has 30 heavy (non-hydrogen) atoms. The van der Waals surface area contributed by atoms with Crippen LogP contribution in [-0.4, -0.2) is 4.98 Å². The average molecular weight is 515 g/mol. The molecule has 5 aromatic rings. The van der Waals surface area contributed by atoms with Gasteiger partial charge in [-0.05, 0) is 58.3 Å². The fourth-order valence-corrected chi connectivity index (χ4v) is 4.23. The van der Waals surface area contributed by atoms with E-state index in [4.69, 9.17) is 4.98 Å². The van der Waals surface area contributed by atoms with Crippen molar-refractivity contribution in [1.82, 2.24) is 4.98 Å². The van der Waals surface area contributed by atoms with Crippen molar-refractivity contribution in [3.8, 4) is 11.3 Å². The van der Waals surface area contributed by atoms with Crippen molar-refractivity contribution in [2.75, 3.05) is 0 Å². The van der Waals surface area contributed by atoms with E-state index in [1.807, 2.05) is 0 Å². The van der Waals surface area contributed by atoms with Gasteiger partial charge in [-0.15, -0.1) is 0 Å². The summed E-state index contributed by atoms with van der Waals surface area (Å²) in [6, 6.07) is 31.6. The zero-order valence-corrected chi connectivity index (χ0v) is 19.2. The molecule has 0 bridgehead atoms. The zero-order valence-electron chi connectivity index (χ0n) is 16.0. The standard InChI is InChI=1S/C27H17Br2N/c28-22-12-6-18(7-13-22)5-8-21-17-26(20-9-14-23(29)15-10-20)30-25-16-11-19-3-1-2-4-24(19)27(21)25/h1-17H/b8-5-. The third kappa shape index (κ3) is 3.83. The highest BCUT2D eigenvalue weighted by Gasteiger charge is 2.09. The number of hydrogen-bond acceptors (Lipinski definition) is 1. The van der Waals surface area contributed by atoms with Crippen LogP contribution in [0.3, 0.4) is 0 Å². The molecule has 0 amide bonds. The van der Waals surface area contributed by atoms with Crippen LogP contribution in [-0.2, 0) is 0 Å². The maximum absolute atomic E-state index is 5.00. The van der Waals surface area contributed by atoms with Crippen LogP contribution >= 0.6 is 31.9 Å². The van der Waals surface area contributed by atoms with Crippen molar-refractivity contribution in [2.24, 2.45) is 0 Å². The fraction of sp³-hybridized carbons (Fsp3) is 0. The largest absolute Gasteiger partial charge is 0.248 e. The average Bonchev–Trinajstić information content (AvgIpc) is 2.78. The smallest absolute Gasteiger partial charge is 0.0722 e. The summed E-state index contributed by atoms with van der Waals surface area (Å²) in [6.45, 7) is 0. The second-order valence-corrected chi connectivity index (χ2v) is 9.00. The Labute approximate surface area is 192 Å². The molecule has 0 atom stereocenters. The van der Waals surface area contributed by atoms with Gasteiger partial charge in [0.25, 0.3) is 0 Å². The minimum atomic E-state index is 0.973. The van der Waals surface area contributed by atoms with E-state index in [9.17, 15) is 0 Å². The molecule has 0 spiro atoms. The van der Waals surface area contributed by atoms with Crippen LogP contribution in [0.25, 0.3) is 45.1 Å². The summed E-state index contributed by atoms with van der Waals surface area (Å²) >= 11 is 7.03. The Kier molecular flexibility index (Phi) is 5.24. The monoisotopic (exact) mass is 513 g/mol. The third-order valence-electron chi connectivity index (χ3n) is 5.19. The van der Waals surface area contributed by atoms with Gasteiger partial charge in [0.2, 0.25) is 0 Å². The van der Waals surface area contributed by atoms with Crippen LogP contribution in [0.4, 0.5) is 0 Å². The number of benzene rings is 4. The Morgan fingerprint density at radius 1 is 0.667 bits per heavy atom. The summed E-state index contributed by atoms with van der Waals surface area (Å²) in [5.41, 5.74) is 5.41. The number of nitrogens with zero attached hydrogens (tertiary/aromatic N) is 1. The molecule has 0 radical (unpaired) electrons. The number of pyridine rings is 1. The molecule has 3 heteroatoms. The number of hydrogen-bond donors (Lipinski definition) is 0. The van der Waals surface area contributed by atoms with E-state index in [1.165, 1.54) is 16.2 Å². The summed E-state index contributed by atoms with van der Waals surface area (Å²) in [5, 5.41) is 3.63. The van der Waals surface area contributed by atoms with Crippen molar-refractivity contribution in [3.63, 3.8) is 0 Å². The van der Waals surface area contributed by atoms with Crippen LogP contribution in [0, 0.1) is 0 Å². The Balaban J connectivity index is 1.74. The van der Waals surface area contributed by atoms with Crippen LogP contribution in [0.1, 0.15) is 11.1 Å². The quantitative estimate of drug-likeness (QED) is 0.219. The molecule has 0 unspecified atom stereocenters. The van der Waals surface area contributed by atoms with Gasteiger partial charge in [0.05, 0.1) is 11.2 Å². The molecule has 0 aliphatic rings. The summed E-state index contributed by atoms with van der Waals surface area (Å²) in [5.74, 6) is 0. The number of fused-ring (bicyclic) bond motifs is 3. The van der Waals surface area contributed by atoms with Gasteiger partial charge in [0.1, 0.15) is 0 Å². The molecule has 0 aliphatic heterocycles. The molecule has 144 valence electrons. The Morgan fingerprint density at radius 3 is 2.13 bits per heavy atom. The number of rotatable bonds is 3. The zero-order chi connectivity index (χ0) is 20.5. The maximum Gasteiger partial charge on any atom is 0.0722 e. The Hall–Kier alpha value is -2.75. The first-order valence-corrected chi connectivity index (χ1v) is 11.3. The normalized spacial score (nSPS) is 11.5. The van der Waals surface area contributed by atoms with Crippen LogP contribution in [0.5, 0.6) is 0 Å². The van der Waals surface area contributed by atoms with E-state index in [1.54, 1.807) is 0 Å². The summed E-state index contributed by atoms with van der Waals surface area (Å²) in [7, 11) is 0. The molecular formula is C27H17Br2N. The second-order valence-electron chi connectivity index (χ2n) is 7.17. The molecule has 4 aromatic carbocycles. The minimum absolute atomic E-state index is 0.973. The van der Waals surface area contributed by atoms with Gasteiger partial charge >= 0.3 is 0 Å². The van der Waals surface area contributed by atoms with E-state index in [-0.39, 0.29) is 0 Å². The molecule has 1 heterocycles. The van der Waals surface area contributed by atoms with Crippen LogP contribution in [0.15, 0.2) is 99.9 Å². The Morgan fingerprint density at radius 2 is 1.37 bits per heavy atom. The molecule has 5 rings (SSSR count). The Bertz CT molecular complexity index is 1390. The van der Waals surface area contributed by atoms with E-state index in [0.717, 1.165) is 36.8 Å². The predicted molar refractivity (Wildman–Crippen MR) is 135 cm³/mol. The first-order chi connectivity index (χ1) is 14.7. The first-order valence-electron chi connectivity index (χ1n) is 9.69. The highest BCUT2D eigenvalue weighted by atomic mass is 79.9. The lowest BCUT2D eigenvalue weighted by atomic mass is 9.98. The van der Waals surface area contributed by atoms with Crippen LogP contribution < -0.4 is 0 Å². The van der Waals surface area contributed by atoms with Crippen molar-refractivity contribution in [2.45, 2.75) is 0 Å². The number of aromatic nitrogens is 1. The van der Waals surface area contributed by atoms with Gasteiger partial charge in [-0.25, -0.2) is 4.98 Å². The SMILES string of the molecule is Brc1ccc(/C=C\c2cc(-c3ccc(Br)cc3)nc3ccc4ccccc4c23)cc1. The summed E-state index contributed by atoms with van der Waals surface area (Å²) in [4.78, 5) is 5.00. The fourth-order valence-electron chi connectivity index (χ4n) is 3.70. The van der Waals surface area contributed by atoms with Gasteiger partial charge in [-0.3, -0.25) is 0 Å². The maximum atomic E-state index is 5.00. The highest BCUT2D eigenvalue weighted by molar-refractivity contribution is 9.10. The van der Waals surface area contributed by atoms with Crippen molar-refractivity contribution in [3.05, 3.63) is 111 Å². The molecule has 0 saturated heterocycles. The van der Waals surface area contributed by atoms with Gasteiger partial charge in [-0.2, -0.15) is 0 Å². The van der Waals surface area contributed by atoms with E-state index in [0.29, 0.717) is 0 Å². The van der Waals surface area contributed by atoms with E-state index >= 15 is 0 Å². The lowest BCUT2D eigenvalue weighted by Crippen LogP contribution is -1.90. The molecule has 1 aromatic heterocycles. The van der Waals surface area contributed by atoms with Crippen molar-refractivity contribution >= 4 is 65.7 Å². The van der Waals surface area contributed by atoms with E-state index < -0.39 is 0 Å². The molecular weight excluding hydrogens is 498 g/mol. The van der Waals surface area contributed by atoms with E-state index in [2.05, 4.69) is 135 Å². The van der Waals surface area contributed by atoms with Gasteiger partial charge in [0, 0.05) is 19.9 Å². The highest BCUT2D eigenvalue weighted by Crippen LogP contribution is 2.32. The lowest BCUT2D eigenvalue weighted by molar-refractivity contribution is 1.39. The van der Waals surface area contributed by atoms with Gasteiger partial charge < -0.3 is 0 Å². The number of halogens is 2. The third-order valence-corrected chi connectivity index (χ3v) is 6.25. The van der Waals surface area contributed by atoms with Crippen molar-refractivity contribution < 1.29 is 0 Å². The van der Waals surface area contributed by atoms with Gasteiger partial charge in [0.15, 0.2) is 0 Å². The minimum Gasteiger partial charge on any atom is -0.248 e. The first kappa shape index (κ1) is 19.2. The van der Waals surface area contributed by atoms with Crippen LogP contribution in [0.2, 0.25) is 0 Å². The molecule has 1 nitrogen and oxygen atoms in total. The lowest BCUT2D eigenvalue weighted by Gasteiger charge is -2.10. The summed E-state index contributed by atoms with van der Waals surface area (Å²) < 4.78 is 2.14. The van der Waals surface area contributed by atoms with Crippen molar-refractivity contribution in [1.29, 1.82) is 0 Å². The molecule has 0 N–H and O–H groups in total. The van der Waals surface area contributed by atoms with Gasteiger partial charge in [-0.1, -0.05) is 98.6 Å². The summed E-state index contributed by atoms with van der Waals surface area (Å²) in [6.07, 6.45) is 4.36. The molecule has 0 fully saturated rings.